The van der Waals surface area contributed by atoms with Crippen LogP contribution in [0.3, 0.4) is 0 Å². The molecule has 0 radical (unpaired) electrons. The quantitative estimate of drug-likeness (QED) is 0.647. The molecule has 0 heterocycles. The van der Waals surface area contributed by atoms with Crippen LogP contribution >= 0.6 is 0 Å². The summed E-state index contributed by atoms with van der Waals surface area (Å²) >= 11 is 0. The lowest BCUT2D eigenvalue weighted by Gasteiger charge is -2.09. The van der Waals surface area contributed by atoms with Crippen molar-refractivity contribution in [3.8, 4) is 0 Å². The summed E-state index contributed by atoms with van der Waals surface area (Å²) in [6.07, 6.45) is 2.76. The normalized spacial score (nSPS) is 11.8. The second-order valence-electron chi connectivity index (χ2n) is 4.96. The van der Waals surface area contributed by atoms with E-state index in [2.05, 4.69) is 11.6 Å². The maximum absolute atomic E-state index is 12.1. The maximum atomic E-state index is 12.1. The highest BCUT2D eigenvalue weighted by molar-refractivity contribution is 7.89. The van der Waals surface area contributed by atoms with Crippen LogP contribution in [0, 0.1) is 6.92 Å². The van der Waals surface area contributed by atoms with E-state index in [1.165, 1.54) is 6.07 Å². The number of hydrogen-bond acceptors (Lipinski definition) is 4. The van der Waals surface area contributed by atoms with E-state index in [0.29, 0.717) is 25.1 Å². The number of nitrogens with one attached hydrogen (secondary N) is 1. The van der Waals surface area contributed by atoms with Crippen LogP contribution in [-0.2, 0) is 21.4 Å². The van der Waals surface area contributed by atoms with Crippen molar-refractivity contribution in [2.75, 3.05) is 19.8 Å². The number of aliphatic hydroxyl groups excluding tert-OH is 1. The number of sulfonamides is 1. The van der Waals surface area contributed by atoms with E-state index in [-0.39, 0.29) is 11.5 Å². The fraction of sp³-hybridized carbons (Fsp3) is 0.600. The molecule has 6 heteroatoms. The average Bonchev–Trinajstić information content (AvgIpc) is 2.46. The largest absolute Gasteiger partial charge is 0.392 e. The number of hydrogen-bond donors (Lipinski definition) is 2. The van der Waals surface area contributed by atoms with Crippen molar-refractivity contribution in [1.82, 2.24) is 4.72 Å². The van der Waals surface area contributed by atoms with E-state index in [0.717, 1.165) is 25.0 Å². The Morgan fingerprint density at radius 2 is 1.95 bits per heavy atom. The SMILES string of the molecule is CCCCOCCCNS(=O)(=O)c1ccc(C)c(CO)c1. The topological polar surface area (TPSA) is 75.6 Å². The van der Waals surface area contributed by atoms with Gasteiger partial charge in [0.15, 0.2) is 0 Å². The lowest BCUT2D eigenvalue weighted by atomic mass is 10.1. The molecular weight excluding hydrogens is 290 g/mol. The van der Waals surface area contributed by atoms with Crippen LogP contribution in [0.2, 0.25) is 0 Å². The van der Waals surface area contributed by atoms with Crippen molar-refractivity contribution in [3.63, 3.8) is 0 Å². The Balaban J connectivity index is 2.46. The Bertz CT molecular complexity index is 528. The van der Waals surface area contributed by atoms with Gasteiger partial charge >= 0.3 is 0 Å². The molecule has 0 bridgehead atoms. The summed E-state index contributed by atoms with van der Waals surface area (Å²) in [7, 11) is -3.52. The van der Waals surface area contributed by atoms with Gasteiger partial charge in [0, 0.05) is 19.8 Å². The molecule has 0 fully saturated rings. The van der Waals surface area contributed by atoms with Gasteiger partial charge in [0.05, 0.1) is 11.5 Å². The minimum Gasteiger partial charge on any atom is -0.392 e. The number of aliphatic hydroxyl groups is 1. The molecule has 21 heavy (non-hydrogen) atoms. The zero-order valence-electron chi connectivity index (χ0n) is 12.8. The monoisotopic (exact) mass is 315 g/mol. The Morgan fingerprint density at radius 3 is 2.62 bits per heavy atom. The van der Waals surface area contributed by atoms with E-state index < -0.39 is 10.0 Å². The summed E-state index contributed by atoms with van der Waals surface area (Å²) in [6, 6.07) is 4.76. The van der Waals surface area contributed by atoms with Gasteiger partial charge < -0.3 is 9.84 Å². The van der Waals surface area contributed by atoms with E-state index in [1.54, 1.807) is 12.1 Å². The molecule has 120 valence electrons. The van der Waals surface area contributed by atoms with Gasteiger partial charge in [0.2, 0.25) is 10.0 Å². The number of ether oxygens (including phenoxy) is 1. The first-order valence-corrected chi connectivity index (χ1v) is 8.77. The van der Waals surface area contributed by atoms with Gasteiger partial charge in [0.25, 0.3) is 0 Å². The van der Waals surface area contributed by atoms with Gasteiger partial charge in [0.1, 0.15) is 0 Å². The van der Waals surface area contributed by atoms with Crippen LogP contribution in [-0.4, -0.2) is 33.3 Å². The molecule has 1 aromatic rings. The van der Waals surface area contributed by atoms with Crippen LogP contribution in [0.15, 0.2) is 23.1 Å². The molecule has 0 saturated heterocycles. The fourth-order valence-electron chi connectivity index (χ4n) is 1.80. The standard InChI is InChI=1S/C15H25NO4S/c1-3-4-9-20-10-5-8-16-21(18,19)15-7-6-13(2)14(11-15)12-17/h6-7,11,16-17H,3-5,8-10,12H2,1-2H3. The number of rotatable bonds is 10. The highest BCUT2D eigenvalue weighted by Crippen LogP contribution is 2.15. The summed E-state index contributed by atoms with van der Waals surface area (Å²) in [5.74, 6) is 0. The third-order valence-electron chi connectivity index (χ3n) is 3.20. The van der Waals surface area contributed by atoms with E-state index in [4.69, 9.17) is 4.74 Å². The highest BCUT2D eigenvalue weighted by atomic mass is 32.2. The molecule has 1 rings (SSSR count). The molecule has 5 nitrogen and oxygen atoms in total. The molecular formula is C15H25NO4S. The smallest absolute Gasteiger partial charge is 0.240 e. The van der Waals surface area contributed by atoms with E-state index in [9.17, 15) is 13.5 Å². The van der Waals surface area contributed by atoms with Crippen molar-refractivity contribution < 1.29 is 18.3 Å². The van der Waals surface area contributed by atoms with E-state index in [1.807, 2.05) is 6.92 Å². The Labute approximate surface area is 127 Å². The number of aryl methyl sites for hydroxylation is 1. The molecule has 0 amide bonds. The molecule has 0 saturated carbocycles. The Morgan fingerprint density at radius 1 is 1.24 bits per heavy atom. The summed E-state index contributed by atoms with van der Waals surface area (Å²) < 4.78 is 32.2. The Kier molecular flexibility index (Phi) is 7.88. The lowest BCUT2D eigenvalue weighted by Crippen LogP contribution is -2.25. The first-order chi connectivity index (χ1) is 10.0. The van der Waals surface area contributed by atoms with Crippen molar-refractivity contribution in [1.29, 1.82) is 0 Å². The van der Waals surface area contributed by atoms with Crippen molar-refractivity contribution >= 4 is 10.0 Å². The number of benzene rings is 1. The van der Waals surface area contributed by atoms with Crippen molar-refractivity contribution in [2.45, 2.75) is 44.6 Å². The molecule has 2 N–H and O–H groups in total. The summed E-state index contributed by atoms with van der Waals surface area (Å²) in [5.41, 5.74) is 1.50. The second kappa shape index (κ2) is 9.15. The van der Waals surface area contributed by atoms with Crippen molar-refractivity contribution in [2.24, 2.45) is 0 Å². The molecule has 0 aliphatic heterocycles. The third-order valence-corrected chi connectivity index (χ3v) is 4.66. The molecule has 0 aliphatic rings. The van der Waals surface area contributed by atoms with Gasteiger partial charge in [-0.25, -0.2) is 13.1 Å². The van der Waals surface area contributed by atoms with Crippen molar-refractivity contribution in [3.05, 3.63) is 29.3 Å². The number of unbranched alkanes of at least 4 members (excludes halogenated alkanes) is 1. The molecule has 0 atom stereocenters. The van der Waals surface area contributed by atoms with Crippen LogP contribution in [0.5, 0.6) is 0 Å². The zero-order chi connectivity index (χ0) is 15.7. The zero-order valence-corrected chi connectivity index (χ0v) is 13.6. The minimum absolute atomic E-state index is 0.166. The first-order valence-electron chi connectivity index (χ1n) is 7.29. The average molecular weight is 315 g/mol. The van der Waals surface area contributed by atoms with Gasteiger partial charge in [-0.3, -0.25) is 0 Å². The van der Waals surface area contributed by atoms with Crippen LogP contribution in [0.1, 0.15) is 37.3 Å². The van der Waals surface area contributed by atoms with Crippen LogP contribution in [0.4, 0.5) is 0 Å². The predicted octanol–water partition coefficient (Wildman–Crippen LogP) is 1.97. The summed E-state index contributed by atoms with van der Waals surface area (Å²) in [4.78, 5) is 0.184. The molecule has 0 aromatic heterocycles. The predicted molar refractivity (Wildman–Crippen MR) is 82.6 cm³/mol. The molecule has 0 unspecified atom stereocenters. The first kappa shape index (κ1) is 18.1. The second-order valence-corrected chi connectivity index (χ2v) is 6.73. The van der Waals surface area contributed by atoms with Gasteiger partial charge in [-0.2, -0.15) is 0 Å². The lowest BCUT2D eigenvalue weighted by molar-refractivity contribution is 0.130. The molecule has 0 spiro atoms. The third kappa shape index (κ3) is 6.13. The van der Waals surface area contributed by atoms with Crippen LogP contribution in [0.25, 0.3) is 0 Å². The highest BCUT2D eigenvalue weighted by Gasteiger charge is 2.14. The molecule has 0 aliphatic carbocycles. The summed E-state index contributed by atoms with van der Waals surface area (Å²) in [5, 5.41) is 9.19. The van der Waals surface area contributed by atoms with Gasteiger partial charge in [-0.1, -0.05) is 19.4 Å². The summed E-state index contributed by atoms with van der Waals surface area (Å²) in [6.45, 7) is 5.39. The van der Waals surface area contributed by atoms with Crippen LogP contribution < -0.4 is 4.72 Å². The van der Waals surface area contributed by atoms with Gasteiger partial charge in [-0.05, 0) is 43.0 Å². The van der Waals surface area contributed by atoms with E-state index >= 15 is 0 Å². The molecule has 1 aromatic carbocycles. The van der Waals surface area contributed by atoms with Gasteiger partial charge in [-0.15, -0.1) is 0 Å². The fourth-order valence-corrected chi connectivity index (χ4v) is 2.92. The maximum Gasteiger partial charge on any atom is 0.240 e. The minimum atomic E-state index is -3.52. The Hall–Kier alpha value is -0.950.